The fourth-order valence-corrected chi connectivity index (χ4v) is 2.37. The Labute approximate surface area is 112 Å². The highest BCUT2D eigenvalue weighted by Gasteiger charge is 2.27. The smallest absolute Gasteiger partial charge is 0.255 e. The van der Waals surface area contributed by atoms with Gasteiger partial charge < -0.3 is 20.8 Å². The van der Waals surface area contributed by atoms with Gasteiger partial charge in [0.05, 0.1) is 5.56 Å². The number of rotatable bonds is 3. The summed E-state index contributed by atoms with van der Waals surface area (Å²) in [6.45, 7) is 4.62. The number of hydrogen-bond acceptors (Lipinski definition) is 4. The third-order valence-electron chi connectivity index (χ3n) is 3.59. The van der Waals surface area contributed by atoms with Gasteiger partial charge in [0.2, 0.25) is 0 Å². The predicted octanol–water partition coefficient (Wildman–Crippen LogP) is 1.22. The van der Waals surface area contributed by atoms with Crippen LogP contribution < -0.4 is 10.6 Å². The van der Waals surface area contributed by atoms with E-state index in [0.29, 0.717) is 6.54 Å². The zero-order chi connectivity index (χ0) is 13.9. The summed E-state index contributed by atoms with van der Waals surface area (Å²) in [6, 6.07) is 3.97. The first-order chi connectivity index (χ1) is 9.00. The maximum absolute atomic E-state index is 12.0. The van der Waals surface area contributed by atoms with Crippen molar-refractivity contribution in [2.24, 2.45) is 5.41 Å². The molecule has 1 unspecified atom stereocenters. The predicted molar refractivity (Wildman–Crippen MR) is 72.3 cm³/mol. The molecule has 1 aromatic rings. The third kappa shape index (κ3) is 3.38. The van der Waals surface area contributed by atoms with E-state index in [1.165, 1.54) is 18.2 Å². The molecule has 0 spiro atoms. The Balaban J connectivity index is 1.97. The second-order valence-electron chi connectivity index (χ2n) is 5.48. The zero-order valence-electron chi connectivity index (χ0n) is 11.1. The number of carbonyl (C=O) groups is 1. The molecule has 0 aromatic heterocycles. The van der Waals surface area contributed by atoms with E-state index in [9.17, 15) is 15.0 Å². The van der Waals surface area contributed by atoms with Crippen LogP contribution in [-0.2, 0) is 0 Å². The number of nitrogens with one attached hydrogen (secondary N) is 2. The van der Waals surface area contributed by atoms with Crippen LogP contribution in [0.15, 0.2) is 18.2 Å². The van der Waals surface area contributed by atoms with Gasteiger partial charge in [-0.25, -0.2) is 0 Å². The third-order valence-corrected chi connectivity index (χ3v) is 3.59. The molecule has 5 heteroatoms. The molecule has 1 aliphatic heterocycles. The molecule has 1 aromatic carbocycles. The number of phenolic OH excluding ortho intramolecular Hbond substituents is 2. The van der Waals surface area contributed by atoms with Crippen LogP contribution >= 0.6 is 0 Å². The Kier molecular flexibility index (Phi) is 3.95. The minimum Gasteiger partial charge on any atom is -0.508 e. The maximum atomic E-state index is 12.0. The van der Waals surface area contributed by atoms with E-state index in [2.05, 4.69) is 17.6 Å². The van der Waals surface area contributed by atoms with Crippen LogP contribution in [0.5, 0.6) is 11.5 Å². The Morgan fingerprint density at radius 1 is 1.47 bits per heavy atom. The first-order valence-electron chi connectivity index (χ1n) is 6.51. The van der Waals surface area contributed by atoms with Crippen molar-refractivity contribution in [3.8, 4) is 11.5 Å². The Morgan fingerprint density at radius 2 is 2.26 bits per heavy atom. The summed E-state index contributed by atoms with van der Waals surface area (Å²) < 4.78 is 0. The lowest BCUT2D eigenvalue weighted by molar-refractivity contribution is 0.0922. The van der Waals surface area contributed by atoms with Gasteiger partial charge in [-0.05, 0) is 36.9 Å². The van der Waals surface area contributed by atoms with Crippen molar-refractivity contribution < 1.29 is 15.0 Å². The molecule has 104 valence electrons. The van der Waals surface area contributed by atoms with Gasteiger partial charge in [0, 0.05) is 19.2 Å². The summed E-state index contributed by atoms with van der Waals surface area (Å²) >= 11 is 0. The molecule has 0 saturated carbocycles. The quantitative estimate of drug-likeness (QED) is 0.661. The van der Waals surface area contributed by atoms with Gasteiger partial charge in [0.15, 0.2) is 0 Å². The van der Waals surface area contributed by atoms with Crippen LogP contribution in [0.4, 0.5) is 0 Å². The molecule has 1 aliphatic rings. The molecule has 0 radical (unpaired) electrons. The van der Waals surface area contributed by atoms with E-state index in [-0.39, 0.29) is 28.4 Å². The molecule has 0 bridgehead atoms. The van der Waals surface area contributed by atoms with Crippen LogP contribution in [0.1, 0.15) is 30.1 Å². The molecule has 4 N–H and O–H groups in total. The highest BCUT2D eigenvalue weighted by molar-refractivity contribution is 5.97. The number of benzene rings is 1. The van der Waals surface area contributed by atoms with E-state index >= 15 is 0 Å². The number of phenols is 2. The first kappa shape index (κ1) is 13.7. The lowest BCUT2D eigenvalue weighted by Crippen LogP contribution is -2.45. The van der Waals surface area contributed by atoms with Crippen molar-refractivity contribution >= 4 is 5.91 Å². The Morgan fingerprint density at radius 3 is 2.89 bits per heavy atom. The minimum atomic E-state index is -0.315. The van der Waals surface area contributed by atoms with Gasteiger partial charge in [0.25, 0.3) is 5.91 Å². The molecule has 0 aliphatic carbocycles. The van der Waals surface area contributed by atoms with Crippen LogP contribution in [0.2, 0.25) is 0 Å². The number of hydrogen-bond donors (Lipinski definition) is 4. The summed E-state index contributed by atoms with van der Waals surface area (Å²) in [5.41, 5.74) is 0.241. The van der Waals surface area contributed by atoms with Crippen molar-refractivity contribution in [2.75, 3.05) is 19.6 Å². The van der Waals surface area contributed by atoms with Crippen molar-refractivity contribution in [3.63, 3.8) is 0 Å². The van der Waals surface area contributed by atoms with E-state index in [0.717, 1.165) is 25.9 Å². The zero-order valence-corrected chi connectivity index (χ0v) is 11.1. The monoisotopic (exact) mass is 264 g/mol. The molecule has 2 rings (SSSR count). The second kappa shape index (κ2) is 5.48. The first-order valence-corrected chi connectivity index (χ1v) is 6.51. The van der Waals surface area contributed by atoms with Crippen LogP contribution in [-0.4, -0.2) is 35.8 Å². The molecule has 1 amide bonds. The summed E-state index contributed by atoms with van der Waals surface area (Å²) in [5.74, 6) is -0.578. The SMILES string of the molecule is CC1(CNC(=O)c2ccc(O)cc2O)CCCNC1. The lowest BCUT2D eigenvalue weighted by Gasteiger charge is -2.34. The van der Waals surface area contributed by atoms with E-state index in [4.69, 9.17) is 0 Å². The number of carbonyl (C=O) groups excluding carboxylic acids is 1. The summed E-state index contributed by atoms with van der Waals surface area (Å²) in [5, 5.41) is 25.0. The highest BCUT2D eigenvalue weighted by Crippen LogP contribution is 2.25. The van der Waals surface area contributed by atoms with Crippen molar-refractivity contribution in [3.05, 3.63) is 23.8 Å². The lowest BCUT2D eigenvalue weighted by atomic mass is 9.83. The molecule has 1 fully saturated rings. The van der Waals surface area contributed by atoms with E-state index in [1.807, 2.05) is 0 Å². The van der Waals surface area contributed by atoms with E-state index in [1.54, 1.807) is 0 Å². The number of aromatic hydroxyl groups is 2. The number of piperidine rings is 1. The minimum absolute atomic E-state index is 0.0560. The molecular weight excluding hydrogens is 244 g/mol. The molecule has 5 nitrogen and oxygen atoms in total. The van der Waals surface area contributed by atoms with Gasteiger partial charge in [-0.2, -0.15) is 0 Å². The normalized spacial score (nSPS) is 23.0. The van der Waals surface area contributed by atoms with Crippen LogP contribution in [0.3, 0.4) is 0 Å². The molecule has 1 saturated heterocycles. The topological polar surface area (TPSA) is 81.6 Å². The average Bonchev–Trinajstić information content (AvgIpc) is 2.37. The van der Waals surface area contributed by atoms with Gasteiger partial charge in [-0.3, -0.25) is 4.79 Å². The average molecular weight is 264 g/mol. The Hall–Kier alpha value is -1.75. The van der Waals surface area contributed by atoms with Crippen molar-refractivity contribution in [1.29, 1.82) is 0 Å². The number of amides is 1. The van der Waals surface area contributed by atoms with Gasteiger partial charge in [-0.15, -0.1) is 0 Å². The van der Waals surface area contributed by atoms with Crippen LogP contribution in [0.25, 0.3) is 0 Å². The largest absolute Gasteiger partial charge is 0.508 e. The van der Waals surface area contributed by atoms with Gasteiger partial charge in [-0.1, -0.05) is 6.92 Å². The second-order valence-corrected chi connectivity index (χ2v) is 5.48. The highest BCUT2D eigenvalue weighted by atomic mass is 16.3. The standard InChI is InChI=1S/C14H20N2O3/c1-14(5-2-6-15-8-14)9-16-13(19)11-4-3-10(17)7-12(11)18/h3-4,7,15,17-18H,2,5-6,8-9H2,1H3,(H,16,19). The molecular formula is C14H20N2O3. The summed E-state index contributed by atoms with van der Waals surface area (Å²) in [7, 11) is 0. The molecule has 1 heterocycles. The molecule has 19 heavy (non-hydrogen) atoms. The fraction of sp³-hybridized carbons (Fsp3) is 0.500. The van der Waals surface area contributed by atoms with Crippen molar-refractivity contribution in [2.45, 2.75) is 19.8 Å². The Bertz CT molecular complexity index is 468. The van der Waals surface area contributed by atoms with E-state index < -0.39 is 0 Å². The summed E-state index contributed by atoms with van der Waals surface area (Å²) in [6.07, 6.45) is 2.18. The van der Waals surface area contributed by atoms with Gasteiger partial charge in [0.1, 0.15) is 11.5 Å². The van der Waals surface area contributed by atoms with Crippen molar-refractivity contribution in [1.82, 2.24) is 10.6 Å². The van der Waals surface area contributed by atoms with Gasteiger partial charge >= 0.3 is 0 Å². The summed E-state index contributed by atoms with van der Waals surface area (Å²) in [4.78, 5) is 12.0. The molecule has 1 atom stereocenters. The fourth-order valence-electron chi connectivity index (χ4n) is 2.37. The maximum Gasteiger partial charge on any atom is 0.255 e. The van der Waals surface area contributed by atoms with Crippen LogP contribution in [0, 0.1) is 5.41 Å².